The molecule has 160 valence electrons. The summed E-state index contributed by atoms with van der Waals surface area (Å²) in [6, 6.07) is 11.2. The fraction of sp³-hybridized carbons (Fsp3) is 0.455. The van der Waals surface area contributed by atoms with Gasteiger partial charge in [-0.25, -0.2) is 13.2 Å². The maximum Gasteiger partial charge on any atom is 0.340 e. The Hall–Kier alpha value is -2.61. The van der Waals surface area contributed by atoms with Crippen LogP contribution in [0.1, 0.15) is 41.0 Å². The van der Waals surface area contributed by atoms with Gasteiger partial charge in [0.15, 0.2) is 16.4 Å². The van der Waals surface area contributed by atoms with Crippen molar-refractivity contribution < 1.29 is 22.7 Å². The Balaban J connectivity index is 1.45. The first-order valence-electron chi connectivity index (χ1n) is 10.2. The summed E-state index contributed by atoms with van der Waals surface area (Å²) >= 11 is 0. The molecule has 1 atom stereocenters. The van der Waals surface area contributed by atoms with E-state index in [9.17, 15) is 18.0 Å². The van der Waals surface area contributed by atoms with Crippen molar-refractivity contribution in [2.75, 3.05) is 18.1 Å². The van der Waals surface area contributed by atoms with Gasteiger partial charge in [-0.05, 0) is 51.3 Å². The van der Waals surface area contributed by atoms with Crippen LogP contribution in [0.25, 0.3) is 5.69 Å². The Kier molecular flexibility index (Phi) is 5.44. The fourth-order valence-electron chi connectivity index (χ4n) is 4.28. The third-order valence-corrected chi connectivity index (χ3v) is 7.57. The average Bonchev–Trinajstić information content (AvgIpc) is 3.40. The lowest BCUT2D eigenvalue weighted by Crippen LogP contribution is -2.44. The number of sulfone groups is 1. The number of aromatic nitrogens is 1. The maximum atomic E-state index is 12.8. The van der Waals surface area contributed by atoms with Gasteiger partial charge in [0.1, 0.15) is 0 Å². The van der Waals surface area contributed by atoms with Crippen molar-refractivity contribution in [3.8, 4) is 5.69 Å². The summed E-state index contributed by atoms with van der Waals surface area (Å²) in [6.45, 7) is 3.39. The molecule has 0 spiro atoms. The zero-order valence-electron chi connectivity index (χ0n) is 17.2. The van der Waals surface area contributed by atoms with Gasteiger partial charge in [0.05, 0.1) is 17.1 Å². The lowest BCUT2D eigenvalue weighted by molar-refractivity contribution is -0.137. The first kappa shape index (κ1) is 20.7. The summed E-state index contributed by atoms with van der Waals surface area (Å²) in [5.74, 6) is -0.751. The number of amides is 1. The Morgan fingerprint density at radius 3 is 2.40 bits per heavy atom. The monoisotopic (exact) mass is 430 g/mol. The van der Waals surface area contributed by atoms with Crippen molar-refractivity contribution in [1.29, 1.82) is 0 Å². The second-order valence-electron chi connectivity index (χ2n) is 8.12. The van der Waals surface area contributed by atoms with E-state index in [0.717, 1.165) is 29.9 Å². The van der Waals surface area contributed by atoms with Crippen molar-refractivity contribution in [3.63, 3.8) is 0 Å². The molecule has 0 radical (unpaired) electrons. The van der Waals surface area contributed by atoms with Gasteiger partial charge in [-0.1, -0.05) is 18.2 Å². The standard InChI is InChI=1S/C22H26N2O5S/c1-15-12-20(16(2)23(15)17-6-4-3-5-7-17)22(26)29-13-21(25)24(18-8-9-18)19-10-11-30(27,28)14-19/h3-7,12,18-19H,8-11,13-14H2,1-2H3/t19-/m0/s1. The molecule has 0 unspecified atom stereocenters. The van der Waals surface area contributed by atoms with E-state index in [2.05, 4.69) is 0 Å². The molecule has 0 bridgehead atoms. The van der Waals surface area contributed by atoms with E-state index in [1.807, 2.05) is 48.7 Å². The summed E-state index contributed by atoms with van der Waals surface area (Å²) in [5, 5.41) is 0. The molecule has 1 saturated carbocycles. The average molecular weight is 431 g/mol. The smallest absolute Gasteiger partial charge is 0.340 e. The summed E-state index contributed by atoms with van der Waals surface area (Å²) in [5.41, 5.74) is 3.01. The zero-order chi connectivity index (χ0) is 21.5. The minimum atomic E-state index is -3.09. The van der Waals surface area contributed by atoms with Crippen LogP contribution in [0.4, 0.5) is 0 Å². The molecule has 30 heavy (non-hydrogen) atoms. The minimum Gasteiger partial charge on any atom is -0.452 e. The van der Waals surface area contributed by atoms with Gasteiger partial charge in [-0.2, -0.15) is 0 Å². The van der Waals surface area contributed by atoms with Crippen LogP contribution in [0, 0.1) is 13.8 Å². The summed E-state index contributed by atoms with van der Waals surface area (Å²) in [7, 11) is -3.09. The van der Waals surface area contributed by atoms with Gasteiger partial charge in [-0.15, -0.1) is 0 Å². The lowest BCUT2D eigenvalue weighted by atomic mass is 10.2. The van der Waals surface area contributed by atoms with Crippen LogP contribution in [-0.2, 0) is 19.4 Å². The second kappa shape index (κ2) is 7.91. The van der Waals surface area contributed by atoms with Crippen LogP contribution in [0.15, 0.2) is 36.4 Å². The molecule has 1 amide bonds. The Morgan fingerprint density at radius 2 is 1.80 bits per heavy atom. The number of hydrogen-bond donors (Lipinski definition) is 0. The number of para-hydroxylation sites is 1. The van der Waals surface area contributed by atoms with Crippen molar-refractivity contribution >= 4 is 21.7 Å². The second-order valence-corrected chi connectivity index (χ2v) is 10.3. The molecule has 2 fully saturated rings. The molecular weight excluding hydrogens is 404 g/mol. The predicted molar refractivity (Wildman–Crippen MR) is 112 cm³/mol. The van der Waals surface area contributed by atoms with E-state index in [1.54, 1.807) is 11.0 Å². The third-order valence-electron chi connectivity index (χ3n) is 5.82. The highest BCUT2D eigenvalue weighted by atomic mass is 32.2. The highest BCUT2D eigenvalue weighted by molar-refractivity contribution is 7.91. The van der Waals surface area contributed by atoms with Gasteiger partial charge in [0.2, 0.25) is 0 Å². The van der Waals surface area contributed by atoms with Crippen LogP contribution in [0.3, 0.4) is 0 Å². The Morgan fingerprint density at radius 1 is 1.10 bits per heavy atom. The van der Waals surface area contributed by atoms with Gasteiger partial charge in [-0.3, -0.25) is 4.79 Å². The molecule has 4 rings (SSSR count). The van der Waals surface area contributed by atoms with Gasteiger partial charge in [0, 0.05) is 29.2 Å². The van der Waals surface area contributed by atoms with Crippen LogP contribution in [0.2, 0.25) is 0 Å². The topological polar surface area (TPSA) is 85.7 Å². The summed E-state index contributed by atoms with van der Waals surface area (Å²) in [6.07, 6.45) is 2.19. The zero-order valence-corrected chi connectivity index (χ0v) is 18.0. The normalized spacial score (nSPS) is 20.1. The molecule has 2 aliphatic rings. The molecule has 2 aromatic rings. The number of carbonyl (C=O) groups is 2. The number of hydrogen-bond acceptors (Lipinski definition) is 5. The highest BCUT2D eigenvalue weighted by Gasteiger charge is 2.42. The predicted octanol–water partition coefficient (Wildman–Crippen LogP) is 2.43. The lowest BCUT2D eigenvalue weighted by Gasteiger charge is -2.28. The third kappa shape index (κ3) is 4.14. The molecule has 1 saturated heterocycles. The minimum absolute atomic E-state index is 0.00140. The first-order valence-corrected chi connectivity index (χ1v) is 12.0. The number of carbonyl (C=O) groups excluding carboxylic acids is 2. The molecule has 2 heterocycles. The number of esters is 1. The van der Waals surface area contributed by atoms with Crippen LogP contribution < -0.4 is 0 Å². The first-order chi connectivity index (χ1) is 14.3. The van der Waals surface area contributed by atoms with Gasteiger partial charge < -0.3 is 14.2 Å². The SMILES string of the molecule is Cc1cc(C(=O)OCC(=O)N(C2CC2)[C@H]2CCS(=O)(=O)C2)c(C)n1-c1ccccc1. The van der Waals surface area contributed by atoms with Gasteiger partial charge in [0.25, 0.3) is 5.91 Å². The van der Waals surface area contributed by atoms with Gasteiger partial charge >= 0.3 is 5.97 Å². The van der Waals surface area contributed by atoms with E-state index in [-0.39, 0.29) is 36.1 Å². The molecule has 7 nitrogen and oxygen atoms in total. The molecule has 8 heteroatoms. The van der Waals surface area contributed by atoms with Crippen LogP contribution in [0.5, 0.6) is 0 Å². The highest BCUT2D eigenvalue weighted by Crippen LogP contribution is 2.32. The maximum absolute atomic E-state index is 12.8. The number of rotatable bonds is 6. The summed E-state index contributed by atoms with van der Waals surface area (Å²) in [4.78, 5) is 27.1. The van der Waals surface area contributed by atoms with Crippen LogP contribution >= 0.6 is 0 Å². The van der Waals surface area contributed by atoms with Crippen molar-refractivity contribution in [1.82, 2.24) is 9.47 Å². The van der Waals surface area contributed by atoms with E-state index >= 15 is 0 Å². The van der Waals surface area contributed by atoms with E-state index in [0.29, 0.717) is 12.0 Å². The Bertz CT molecular complexity index is 1070. The fourth-order valence-corrected chi connectivity index (χ4v) is 5.99. The van der Waals surface area contributed by atoms with Crippen molar-refractivity contribution in [2.24, 2.45) is 0 Å². The number of ether oxygens (including phenoxy) is 1. The molecule has 1 aromatic heterocycles. The largest absolute Gasteiger partial charge is 0.452 e. The quantitative estimate of drug-likeness (QED) is 0.657. The molecule has 1 aromatic carbocycles. The van der Waals surface area contributed by atoms with Crippen molar-refractivity contribution in [3.05, 3.63) is 53.3 Å². The van der Waals surface area contributed by atoms with E-state index in [4.69, 9.17) is 4.74 Å². The van der Waals surface area contributed by atoms with E-state index < -0.39 is 15.8 Å². The molecular formula is C22H26N2O5S. The molecule has 1 aliphatic carbocycles. The van der Waals surface area contributed by atoms with E-state index in [1.165, 1.54) is 0 Å². The number of nitrogens with zero attached hydrogens (tertiary/aromatic N) is 2. The van der Waals surface area contributed by atoms with Crippen LogP contribution in [-0.4, -0.2) is 60.0 Å². The number of aryl methyl sites for hydroxylation is 1. The molecule has 0 N–H and O–H groups in total. The number of benzene rings is 1. The Labute approximate surface area is 176 Å². The summed E-state index contributed by atoms with van der Waals surface area (Å²) < 4.78 is 31.0. The molecule has 1 aliphatic heterocycles. The van der Waals surface area contributed by atoms with Crippen molar-refractivity contribution in [2.45, 2.75) is 45.2 Å².